The van der Waals surface area contributed by atoms with Crippen LogP contribution in [0.25, 0.3) is 0 Å². The first kappa shape index (κ1) is 19.9. The van der Waals surface area contributed by atoms with Crippen LogP contribution in [-0.4, -0.2) is 32.2 Å². The molecule has 0 fully saturated rings. The molecule has 0 radical (unpaired) electrons. The number of anilines is 1. The number of benzene rings is 2. The van der Waals surface area contributed by atoms with Gasteiger partial charge in [-0.2, -0.15) is 4.31 Å². The van der Waals surface area contributed by atoms with Gasteiger partial charge in [-0.05, 0) is 43.2 Å². The molecule has 0 saturated carbocycles. The number of nitrogens with one attached hydrogen (secondary N) is 1. The van der Waals surface area contributed by atoms with E-state index in [2.05, 4.69) is 21.2 Å². The summed E-state index contributed by atoms with van der Waals surface area (Å²) in [5.41, 5.74) is 2.52. The second kappa shape index (κ2) is 7.86. The highest BCUT2D eigenvalue weighted by Gasteiger charge is 2.25. The first-order valence-electron chi connectivity index (χ1n) is 7.40. The zero-order chi connectivity index (χ0) is 18.8. The quantitative estimate of drug-likeness (QED) is 0.757. The largest absolute Gasteiger partial charge is 0.324 e. The molecule has 0 heterocycles. The molecule has 0 unspecified atom stereocenters. The number of likely N-dealkylation sites (N-methyl/N-ethyl adjacent to an activating group) is 1. The molecule has 8 heteroatoms. The van der Waals surface area contributed by atoms with Crippen molar-refractivity contribution in [1.82, 2.24) is 4.31 Å². The van der Waals surface area contributed by atoms with E-state index in [9.17, 15) is 13.2 Å². The fraction of sp³-hybridized carbons (Fsp3) is 0.235. The molecule has 2 aromatic rings. The highest BCUT2D eigenvalue weighted by Crippen LogP contribution is 2.27. The number of sulfonamides is 1. The summed E-state index contributed by atoms with van der Waals surface area (Å²) >= 11 is 9.26. The van der Waals surface area contributed by atoms with Crippen LogP contribution in [0.1, 0.15) is 11.1 Å². The molecule has 1 amide bonds. The highest BCUT2D eigenvalue weighted by molar-refractivity contribution is 9.10. The van der Waals surface area contributed by atoms with E-state index in [1.54, 1.807) is 6.07 Å². The van der Waals surface area contributed by atoms with Crippen LogP contribution in [0.3, 0.4) is 0 Å². The van der Waals surface area contributed by atoms with Gasteiger partial charge in [-0.15, -0.1) is 0 Å². The molecular weight excluding hydrogens is 428 g/mol. The van der Waals surface area contributed by atoms with Gasteiger partial charge in [0.05, 0.1) is 11.6 Å². The summed E-state index contributed by atoms with van der Waals surface area (Å²) in [5.74, 6) is -0.420. The lowest BCUT2D eigenvalue weighted by Gasteiger charge is -2.19. The van der Waals surface area contributed by atoms with Crippen molar-refractivity contribution >= 4 is 49.1 Å². The molecule has 0 bridgehead atoms. The zero-order valence-corrected chi connectivity index (χ0v) is 17.2. The zero-order valence-electron chi connectivity index (χ0n) is 14.0. The number of carbonyl (C=O) groups is 1. The van der Waals surface area contributed by atoms with E-state index >= 15 is 0 Å². The summed E-state index contributed by atoms with van der Waals surface area (Å²) in [4.78, 5) is 12.2. The topological polar surface area (TPSA) is 66.5 Å². The van der Waals surface area contributed by atoms with Crippen molar-refractivity contribution in [2.45, 2.75) is 18.7 Å². The Labute approximate surface area is 161 Å². The predicted molar refractivity (Wildman–Crippen MR) is 104 cm³/mol. The molecule has 0 atom stereocenters. The van der Waals surface area contributed by atoms with Gasteiger partial charge >= 0.3 is 0 Å². The van der Waals surface area contributed by atoms with Crippen molar-refractivity contribution in [3.05, 3.63) is 57.0 Å². The smallest absolute Gasteiger partial charge is 0.244 e. The molecule has 5 nitrogen and oxygen atoms in total. The first-order chi connectivity index (χ1) is 11.6. The van der Waals surface area contributed by atoms with Gasteiger partial charge in [-0.3, -0.25) is 4.79 Å². The minimum absolute atomic E-state index is 0.0419. The SMILES string of the molecule is Cc1cccc(C)c1NC(=O)CN(C)S(=O)(=O)c1ccc(Br)cc1Cl. The lowest BCUT2D eigenvalue weighted by Crippen LogP contribution is -2.35. The van der Waals surface area contributed by atoms with E-state index in [1.165, 1.54) is 19.2 Å². The Kier molecular flexibility index (Phi) is 6.26. The average molecular weight is 446 g/mol. The fourth-order valence-corrected chi connectivity index (χ4v) is 4.46. The normalized spacial score (nSPS) is 11.6. The number of carbonyl (C=O) groups excluding carboxylic acids is 1. The molecule has 0 aromatic heterocycles. The van der Waals surface area contributed by atoms with Gasteiger partial charge in [0, 0.05) is 17.2 Å². The van der Waals surface area contributed by atoms with Gasteiger partial charge in [0.1, 0.15) is 4.90 Å². The summed E-state index contributed by atoms with van der Waals surface area (Å²) < 4.78 is 26.9. The number of para-hydroxylation sites is 1. The Morgan fingerprint density at radius 2 is 1.80 bits per heavy atom. The number of aryl methyl sites for hydroxylation is 2. The van der Waals surface area contributed by atoms with E-state index in [-0.39, 0.29) is 16.5 Å². The predicted octanol–water partition coefficient (Wildman–Crippen LogP) is 3.98. The lowest BCUT2D eigenvalue weighted by atomic mass is 10.1. The van der Waals surface area contributed by atoms with Crippen molar-refractivity contribution in [3.8, 4) is 0 Å². The molecule has 0 aliphatic carbocycles. The third kappa shape index (κ3) is 4.61. The van der Waals surface area contributed by atoms with Crippen LogP contribution >= 0.6 is 27.5 Å². The van der Waals surface area contributed by atoms with Crippen LogP contribution in [0, 0.1) is 13.8 Å². The van der Waals surface area contributed by atoms with Gasteiger partial charge in [-0.1, -0.05) is 45.7 Å². The maximum atomic E-state index is 12.6. The van der Waals surface area contributed by atoms with E-state index in [0.717, 1.165) is 15.4 Å². The molecule has 2 aromatic carbocycles. The van der Waals surface area contributed by atoms with Crippen molar-refractivity contribution in [1.29, 1.82) is 0 Å². The van der Waals surface area contributed by atoms with Crippen molar-refractivity contribution in [2.75, 3.05) is 18.9 Å². The second-order valence-corrected chi connectivity index (χ2v) is 8.99. The van der Waals surface area contributed by atoms with Crippen LogP contribution in [0.2, 0.25) is 5.02 Å². The minimum Gasteiger partial charge on any atom is -0.324 e. The maximum absolute atomic E-state index is 12.6. The fourth-order valence-electron chi connectivity index (χ4n) is 2.33. The Bertz CT molecular complexity index is 896. The van der Waals surface area contributed by atoms with Crippen LogP contribution in [-0.2, 0) is 14.8 Å². The van der Waals surface area contributed by atoms with Crippen LogP contribution in [0.5, 0.6) is 0 Å². The molecule has 0 spiro atoms. The van der Waals surface area contributed by atoms with E-state index < -0.39 is 15.9 Å². The van der Waals surface area contributed by atoms with E-state index in [0.29, 0.717) is 10.2 Å². The monoisotopic (exact) mass is 444 g/mol. The van der Waals surface area contributed by atoms with E-state index in [1.807, 2.05) is 32.0 Å². The average Bonchev–Trinajstić information content (AvgIpc) is 2.50. The number of nitrogens with zero attached hydrogens (tertiary/aromatic N) is 1. The lowest BCUT2D eigenvalue weighted by molar-refractivity contribution is -0.116. The molecule has 1 N–H and O–H groups in total. The van der Waals surface area contributed by atoms with Gasteiger partial charge in [-0.25, -0.2) is 8.42 Å². The molecule has 0 saturated heterocycles. The Hall–Kier alpha value is -1.41. The van der Waals surface area contributed by atoms with Crippen molar-refractivity contribution in [3.63, 3.8) is 0 Å². The standard InChI is InChI=1S/C17H18BrClN2O3S/c1-11-5-4-6-12(2)17(11)20-16(22)10-21(3)25(23,24)15-8-7-13(18)9-14(15)19/h4-9H,10H2,1-3H3,(H,20,22). The second-order valence-electron chi connectivity index (χ2n) is 5.65. The number of rotatable bonds is 5. The third-order valence-corrected chi connectivity index (χ3v) is 6.47. The van der Waals surface area contributed by atoms with Crippen LogP contribution in [0.15, 0.2) is 45.8 Å². The minimum atomic E-state index is -3.87. The van der Waals surface area contributed by atoms with Crippen molar-refractivity contribution in [2.24, 2.45) is 0 Å². The van der Waals surface area contributed by atoms with Crippen LogP contribution in [0.4, 0.5) is 5.69 Å². The number of hydrogen-bond acceptors (Lipinski definition) is 3. The molecule has 0 aliphatic rings. The van der Waals surface area contributed by atoms with Crippen LogP contribution < -0.4 is 5.32 Å². The molecule has 2 rings (SSSR count). The number of halogens is 2. The summed E-state index contributed by atoms with van der Waals surface area (Å²) in [5, 5.41) is 2.87. The molecule has 134 valence electrons. The van der Waals surface area contributed by atoms with Gasteiger partial charge in [0.2, 0.25) is 15.9 Å². The Balaban J connectivity index is 2.18. The molecular formula is C17H18BrClN2O3S. The first-order valence-corrected chi connectivity index (χ1v) is 10.0. The molecule has 25 heavy (non-hydrogen) atoms. The van der Waals surface area contributed by atoms with Gasteiger partial charge in [0.25, 0.3) is 0 Å². The summed E-state index contributed by atoms with van der Waals surface area (Å²) in [6.45, 7) is 3.44. The summed E-state index contributed by atoms with van der Waals surface area (Å²) in [6, 6.07) is 10.1. The maximum Gasteiger partial charge on any atom is 0.244 e. The summed E-state index contributed by atoms with van der Waals surface area (Å²) in [6.07, 6.45) is 0. The number of amides is 1. The van der Waals surface area contributed by atoms with Crippen molar-refractivity contribution < 1.29 is 13.2 Å². The Morgan fingerprint density at radius 3 is 2.36 bits per heavy atom. The van der Waals surface area contributed by atoms with Gasteiger partial charge < -0.3 is 5.32 Å². The Morgan fingerprint density at radius 1 is 1.20 bits per heavy atom. The van der Waals surface area contributed by atoms with E-state index in [4.69, 9.17) is 11.6 Å². The third-order valence-electron chi connectivity index (χ3n) is 3.69. The number of hydrogen-bond donors (Lipinski definition) is 1. The highest BCUT2D eigenvalue weighted by atomic mass is 79.9. The van der Waals surface area contributed by atoms with Gasteiger partial charge in [0.15, 0.2) is 0 Å². The summed E-state index contributed by atoms with van der Waals surface area (Å²) in [7, 11) is -2.53. The molecule has 0 aliphatic heterocycles.